The number of hydrogen-bond acceptors (Lipinski definition) is 5. The maximum Gasteiger partial charge on any atom is 0.161 e. The topological polar surface area (TPSA) is 68.7 Å². The maximum atomic E-state index is 14.1. The van der Waals surface area contributed by atoms with Crippen molar-refractivity contribution in [2.45, 2.75) is 19.9 Å². The Balaban J connectivity index is 1.72. The molecule has 0 radical (unpaired) electrons. The molecule has 0 atom stereocenters. The molecule has 0 bridgehead atoms. The van der Waals surface area contributed by atoms with Crippen LogP contribution in [0.1, 0.15) is 22.5 Å². The van der Waals surface area contributed by atoms with Gasteiger partial charge in [0.15, 0.2) is 5.65 Å². The summed E-state index contributed by atoms with van der Waals surface area (Å²) in [7, 11) is 0. The highest BCUT2D eigenvalue weighted by Gasteiger charge is 2.19. The minimum atomic E-state index is -0.594. The van der Waals surface area contributed by atoms with Crippen LogP contribution in [0.2, 0.25) is 0 Å². The lowest BCUT2D eigenvalue weighted by atomic mass is 10.0. The first-order valence-corrected chi connectivity index (χ1v) is 8.89. The number of ether oxygens (including phenoxy) is 1. The van der Waals surface area contributed by atoms with Crippen molar-refractivity contribution in [2.24, 2.45) is 0 Å². The van der Waals surface area contributed by atoms with Crippen molar-refractivity contribution in [2.75, 3.05) is 32.0 Å². The minimum Gasteiger partial charge on any atom is -0.384 e. The molecule has 1 fully saturated rings. The molecule has 1 aromatic carbocycles. The summed E-state index contributed by atoms with van der Waals surface area (Å²) in [6.45, 7) is 5.64. The van der Waals surface area contributed by atoms with Gasteiger partial charge in [0.1, 0.15) is 17.5 Å². The van der Waals surface area contributed by atoms with Gasteiger partial charge < -0.3 is 10.5 Å². The van der Waals surface area contributed by atoms with Crippen LogP contribution >= 0.6 is 0 Å². The number of aryl methyl sites for hydroxylation is 1. The first-order chi connectivity index (χ1) is 13.0. The Bertz CT molecular complexity index is 982. The molecule has 0 aliphatic carbocycles. The van der Waals surface area contributed by atoms with Crippen LogP contribution < -0.4 is 5.73 Å². The molecule has 3 heterocycles. The van der Waals surface area contributed by atoms with Gasteiger partial charge in [0.2, 0.25) is 0 Å². The van der Waals surface area contributed by atoms with Crippen LogP contribution in [-0.2, 0) is 17.7 Å². The van der Waals surface area contributed by atoms with Crippen LogP contribution in [0.5, 0.6) is 0 Å². The molecule has 1 saturated heterocycles. The van der Waals surface area contributed by atoms with Gasteiger partial charge in [0.05, 0.1) is 24.6 Å². The largest absolute Gasteiger partial charge is 0.384 e. The molecule has 142 valence electrons. The summed E-state index contributed by atoms with van der Waals surface area (Å²) in [4.78, 5) is 6.70. The van der Waals surface area contributed by atoms with Gasteiger partial charge in [-0.15, -0.1) is 0 Å². The molecule has 2 aromatic heterocycles. The number of rotatable bonds is 4. The van der Waals surface area contributed by atoms with Gasteiger partial charge in [-0.25, -0.2) is 18.3 Å². The molecular weight excluding hydrogens is 352 g/mol. The minimum absolute atomic E-state index is 0.273. The van der Waals surface area contributed by atoms with E-state index >= 15 is 0 Å². The summed E-state index contributed by atoms with van der Waals surface area (Å²) < 4.78 is 34.5. The SMILES string of the molecule is Cc1nn2c(CN3CCOCC3)cc(N)nc2c1Cc1ccc(F)cc1F. The van der Waals surface area contributed by atoms with Crippen molar-refractivity contribution in [1.82, 2.24) is 19.5 Å². The lowest BCUT2D eigenvalue weighted by Crippen LogP contribution is -2.36. The Labute approximate surface area is 155 Å². The fraction of sp³-hybridized carbons (Fsp3) is 0.368. The van der Waals surface area contributed by atoms with Gasteiger partial charge in [-0.2, -0.15) is 5.10 Å². The Morgan fingerprint density at radius 1 is 1.19 bits per heavy atom. The van der Waals surface area contributed by atoms with E-state index in [1.807, 2.05) is 13.0 Å². The number of fused-ring (bicyclic) bond motifs is 1. The number of aromatic nitrogens is 3. The molecule has 0 amide bonds. The van der Waals surface area contributed by atoms with Crippen LogP contribution in [0.15, 0.2) is 24.3 Å². The van der Waals surface area contributed by atoms with E-state index in [4.69, 9.17) is 10.5 Å². The Hall–Kier alpha value is -2.58. The Morgan fingerprint density at radius 2 is 1.96 bits per heavy atom. The monoisotopic (exact) mass is 373 g/mol. The molecule has 4 rings (SSSR count). The molecule has 6 nitrogen and oxygen atoms in total. The second-order valence-corrected chi connectivity index (χ2v) is 6.77. The van der Waals surface area contributed by atoms with E-state index in [1.54, 1.807) is 4.52 Å². The third-order valence-electron chi connectivity index (χ3n) is 4.85. The second-order valence-electron chi connectivity index (χ2n) is 6.77. The molecule has 1 aliphatic rings. The number of hydrogen-bond donors (Lipinski definition) is 1. The highest BCUT2D eigenvalue weighted by atomic mass is 19.1. The maximum absolute atomic E-state index is 14.1. The van der Waals surface area contributed by atoms with E-state index in [-0.39, 0.29) is 6.42 Å². The molecular formula is C19H21F2N5O. The summed E-state index contributed by atoms with van der Waals surface area (Å²) in [6.07, 6.45) is 0.273. The van der Waals surface area contributed by atoms with E-state index in [1.165, 1.54) is 12.1 Å². The molecule has 8 heteroatoms. The fourth-order valence-electron chi connectivity index (χ4n) is 3.41. The van der Waals surface area contributed by atoms with Crippen molar-refractivity contribution in [3.63, 3.8) is 0 Å². The third kappa shape index (κ3) is 3.63. The lowest BCUT2D eigenvalue weighted by molar-refractivity contribution is 0.0334. The van der Waals surface area contributed by atoms with Gasteiger partial charge in [-0.3, -0.25) is 4.90 Å². The predicted octanol–water partition coefficient (Wildman–Crippen LogP) is 2.32. The summed E-state index contributed by atoms with van der Waals surface area (Å²) in [5.74, 6) is -0.777. The van der Waals surface area contributed by atoms with E-state index in [0.717, 1.165) is 36.1 Å². The zero-order chi connectivity index (χ0) is 19.0. The van der Waals surface area contributed by atoms with Crippen molar-refractivity contribution in [3.8, 4) is 0 Å². The van der Waals surface area contributed by atoms with Gasteiger partial charge >= 0.3 is 0 Å². The van der Waals surface area contributed by atoms with Crippen LogP contribution in [0.3, 0.4) is 0 Å². The van der Waals surface area contributed by atoms with Crippen molar-refractivity contribution < 1.29 is 13.5 Å². The van der Waals surface area contributed by atoms with Crippen molar-refractivity contribution in [3.05, 3.63) is 58.4 Å². The van der Waals surface area contributed by atoms with Gasteiger partial charge in [0, 0.05) is 43.8 Å². The summed E-state index contributed by atoms with van der Waals surface area (Å²) in [6, 6.07) is 5.42. The number of halogens is 2. The summed E-state index contributed by atoms with van der Waals surface area (Å²) in [5.41, 5.74) is 9.50. The van der Waals surface area contributed by atoms with E-state index < -0.39 is 11.6 Å². The number of nitrogens with zero attached hydrogens (tertiary/aromatic N) is 4. The number of anilines is 1. The quantitative estimate of drug-likeness (QED) is 0.760. The number of benzene rings is 1. The first-order valence-electron chi connectivity index (χ1n) is 8.89. The smallest absolute Gasteiger partial charge is 0.161 e. The van der Waals surface area contributed by atoms with Crippen LogP contribution in [0.4, 0.5) is 14.6 Å². The third-order valence-corrected chi connectivity index (χ3v) is 4.85. The van der Waals surface area contributed by atoms with Gasteiger partial charge in [-0.05, 0) is 18.6 Å². The predicted molar refractivity (Wildman–Crippen MR) is 97.4 cm³/mol. The molecule has 2 N–H and O–H groups in total. The lowest BCUT2D eigenvalue weighted by Gasteiger charge is -2.26. The molecule has 0 unspecified atom stereocenters. The van der Waals surface area contributed by atoms with Gasteiger partial charge in [0.25, 0.3) is 0 Å². The molecule has 27 heavy (non-hydrogen) atoms. The molecule has 1 aliphatic heterocycles. The average molecular weight is 373 g/mol. The number of nitrogen functional groups attached to an aromatic ring is 1. The average Bonchev–Trinajstić information content (AvgIpc) is 2.94. The van der Waals surface area contributed by atoms with Crippen LogP contribution in [0, 0.1) is 18.6 Å². The second kappa shape index (κ2) is 7.21. The highest BCUT2D eigenvalue weighted by Crippen LogP contribution is 2.23. The normalized spacial score (nSPS) is 15.5. The van der Waals surface area contributed by atoms with Crippen molar-refractivity contribution >= 4 is 11.5 Å². The van der Waals surface area contributed by atoms with Crippen molar-refractivity contribution in [1.29, 1.82) is 0 Å². The molecule has 0 saturated carbocycles. The number of nitrogens with two attached hydrogens (primary N) is 1. The first kappa shape index (κ1) is 17.8. The highest BCUT2D eigenvalue weighted by molar-refractivity contribution is 5.56. The van der Waals surface area contributed by atoms with E-state index in [2.05, 4.69) is 15.0 Å². The standard InChI is InChI=1S/C19H21F2N5O/c1-12-16(8-13-2-3-14(20)9-17(13)21)19-23-18(22)10-15(26(19)24-12)11-25-4-6-27-7-5-25/h2-3,9-10H,4-8,11H2,1H3,(H2,22,23). The zero-order valence-corrected chi connectivity index (χ0v) is 15.1. The Kier molecular flexibility index (Phi) is 4.75. The molecule has 3 aromatic rings. The zero-order valence-electron chi connectivity index (χ0n) is 15.1. The van der Waals surface area contributed by atoms with Crippen LogP contribution in [0.25, 0.3) is 5.65 Å². The fourth-order valence-corrected chi connectivity index (χ4v) is 3.41. The van der Waals surface area contributed by atoms with E-state index in [9.17, 15) is 8.78 Å². The molecule has 0 spiro atoms. The number of morpholine rings is 1. The Morgan fingerprint density at radius 3 is 2.70 bits per heavy atom. The van der Waals surface area contributed by atoms with Crippen LogP contribution in [-0.4, -0.2) is 45.8 Å². The van der Waals surface area contributed by atoms with Gasteiger partial charge in [-0.1, -0.05) is 6.07 Å². The summed E-state index contributed by atoms with van der Waals surface area (Å²) >= 11 is 0. The van der Waals surface area contributed by atoms with E-state index in [0.29, 0.717) is 36.8 Å². The summed E-state index contributed by atoms with van der Waals surface area (Å²) in [5, 5.41) is 4.61.